The Hall–Kier alpha value is -3.63. The molecule has 3 N–H and O–H groups in total. The van der Waals surface area contributed by atoms with Crippen molar-refractivity contribution in [1.29, 1.82) is 0 Å². The molecule has 10 heteroatoms. The number of hydrogen-bond acceptors (Lipinski definition) is 7. The van der Waals surface area contributed by atoms with Crippen molar-refractivity contribution in [3.8, 4) is 5.75 Å². The van der Waals surface area contributed by atoms with Crippen LogP contribution in [0.2, 0.25) is 0 Å². The van der Waals surface area contributed by atoms with Gasteiger partial charge in [0.1, 0.15) is 24.3 Å². The van der Waals surface area contributed by atoms with Gasteiger partial charge in [-0.25, -0.2) is 4.79 Å². The molecule has 0 aromatic heterocycles. The van der Waals surface area contributed by atoms with Crippen LogP contribution in [0.4, 0.5) is 10.5 Å². The lowest BCUT2D eigenvalue weighted by Gasteiger charge is -2.31. The van der Waals surface area contributed by atoms with E-state index in [9.17, 15) is 9.59 Å². The zero-order chi connectivity index (χ0) is 30.4. The Morgan fingerprint density at radius 3 is 2.56 bits per heavy atom. The van der Waals surface area contributed by atoms with E-state index >= 15 is 0 Å². The normalized spacial score (nSPS) is 15.8. The average molecular weight is 569 g/mol. The van der Waals surface area contributed by atoms with Gasteiger partial charge < -0.3 is 20.1 Å². The van der Waals surface area contributed by atoms with E-state index in [-0.39, 0.29) is 11.3 Å². The fourth-order valence-electron chi connectivity index (χ4n) is 3.95. The highest BCUT2D eigenvalue weighted by Crippen LogP contribution is 2.21. The number of carbonyl (C=O) groups excluding carboxylic acids is 2. The molecule has 41 heavy (non-hydrogen) atoms. The van der Waals surface area contributed by atoms with Crippen LogP contribution in [0.5, 0.6) is 5.75 Å². The van der Waals surface area contributed by atoms with Gasteiger partial charge in [0.15, 0.2) is 0 Å². The third-order valence-electron chi connectivity index (χ3n) is 6.44. The van der Waals surface area contributed by atoms with Gasteiger partial charge in [0, 0.05) is 45.6 Å². The number of anilines is 1. The largest absolute Gasteiger partial charge is 0.492 e. The molecule has 1 atom stereocenters. The highest BCUT2D eigenvalue weighted by molar-refractivity contribution is 5.91. The molecule has 0 saturated carbocycles. The van der Waals surface area contributed by atoms with Gasteiger partial charge in [-0.1, -0.05) is 45.0 Å². The van der Waals surface area contributed by atoms with E-state index < -0.39 is 12.1 Å². The van der Waals surface area contributed by atoms with Crippen LogP contribution in [-0.4, -0.2) is 81.1 Å². The van der Waals surface area contributed by atoms with Gasteiger partial charge in [-0.3, -0.25) is 20.0 Å². The van der Waals surface area contributed by atoms with Gasteiger partial charge >= 0.3 is 6.03 Å². The number of urea groups is 1. The van der Waals surface area contributed by atoms with Crippen LogP contribution < -0.4 is 20.7 Å². The van der Waals surface area contributed by atoms with E-state index in [0.29, 0.717) is 50.1 Å². The van der Waals surface area contributed by atoms with Gasteiger partial charge in [0.05, 0.1) is 6.61 Å². The molecule has 1 aromatic rings. The Kier molecular flexibility index (Phi) is 13.6. The third-order valence-corrected chi connectivity index (χ3v) is 6.44. The quantitative estimate of drug-likeness (QED) is 0.266. The van der Waals surface area contributed by atoms with E-state index in [4.69, 9.17) is 9.47 Å². The molecule has 0 aliphatic carbocycles. The van der Waals surface area contributed by atoms with Crippen molar-refractivity contribution in [1.82, 2.24) is 20.5 Å². The number of carbonyl (C=O) groups is 2. The first-order valence-corrected chi connectivity index (χ1v) is 14.1. The van der Waals surface area contributed by atoms with Crippen molar-refractivity contribution in [2.24, 2.45) is 10.5 Å². The second-order valence-electron chi connectivity index (χ2n) is 11.2. The summed E-state index contributed by atoms with van der Waals surface area (Å²) < 4.78 is 11.8. The van der Waals surface area contributed by atoms with Crippen LogP contribution in [0, 0.1) is 19.3 Å². The van der Waals surface area contributed by atoms with Crippen LogP contribution >= 0.6 is 0 Å². The maximum absolute atomic E-state index is 13.0. The molecule has 0 bridgehead atoms. The van der Waals surface area contributed by atoms with Crippen molar-refractivity contribution >= 4 is 24.3 Å². The molecule has 1 fully saturated rings. The summed E-state index contributed by atoms with van der Waals surface area (Å²) in [5, 5.41) is 14.1. The lowest BCUT2D eigenvalue weighted by Crippen LogP contribution is -2.50. The summed E-state index contributed by atoms with van der Waals surface area (Å²) in [6.07, 6.45) is 2.22. The van der Waals surface area contributed by atoms with E-state index in [1.165, 1.54) is 5.01 Å². The Labute approximate surface area is 245 Å². The predicted molar refractivity (Wildman–Crippen MR) is 166 cm³/mol. The molecule has 1 aliphatic rings. The number of nitrogens with one attached hydrogen (secondary N) is 3. The van der Waals surface area contributed by atoms with Gasteiger partial charge in [0.2, 0.25) is 5.91 Å². The molecule has 10 nitrogen and oxygen atoms in total. The molecule has 1 unspecified atom stereocenters. The van der Waals surface area contributed by atoms with Gasteiger partial charge in [-0.05, 0) is 61.9 Å². The Morgan fingerprint density at radius 2 is 1.90 bits per heavy atom. The number of ether oxygens (including phenoxy) is 2. The van der Waals surface area contributed by atoms with Crippen molar-refractivity contribution in [2.75, 3.05) is 51.8 Å². The SMILES string of the molecule is C=NN(C)/C(=C\CC(C)(C)C)NC(=O)Nc1ccc(OCCN2CCOC(C(=O)NCC)C2)c(C)ccccc1C. The number of likely N-dealkylation sites (N-methyl/N-ethyl adjacent to an activating group) is 1. The zero-order valence-corrected chi connectivity index (χ0v) is 25.8. The summed E-state index contributed by atoms with van der Waals surface area (Å²) in [5.41, 5.74) is 2.50. The molecule has 1 heterocycles. The van der Waals surface area contributed by atoms with Gasteiger partial charge in [0.25, 0.3) is 0 Å². The number of rotatable bonds is 11. The highest BCUT2D eigenvalue weighted by atomic mass is 16.5. The minimum atomic E-state index is -0.466. The lowest BCUT2D eigenvalue weighted by molar-refractivity contribution is -0.138. The molecule has 2 rings (SSSR count). The number of hydrogen-bond donors (Lipinski definition) is 3. The molecule has 0 spiro atoms. The Morgan fingerprint density at radius 1 is 1.20 bits per heavy atom. The number of allylic oxidation sites excluding steroid dienone is 1. The number of nitrogens with zero attached hydrogens (tertiary/aromatic N) is 3. The van der Waals surface area contributed by atoms with E-state index in [1.807, 2.05) is 63.2 Å². The number of morpholine rings is 1. The molecule has 226 valence electrons. The van der Waals surface area contributed by atoms with E-state index in [2.05, 4.69) is 53.4 Å². The summed E-state index contributed by atoms with van der Waals surface area (Å²) in [7, 11) is 1.74. The van der Waals surface area contributed by atoms with Crippen molar-refractivity contribution < 1.29 is 19.1 Å². The second-order valence-corrected chi connectivity index (χ2v) is 11.2. The maximum atomic E-state index is 13.0. The van der Waals surface area contributed by atoms with Crippen LogP contribution in [-0.2, 0) is 9.53 Å². The van der Waals surface area contributed by atoms with Crippen molar-refractivity contribution in [3.05, 3.63) is 59.4 Å². The average Bonchev–Trinajstić information content (AvgIpc) is 2.93. The summed E-state index contributed by atoms with van der Waals surface area (Å²) in [6.45, 7) is 19.2. The number of hydrazone groups is 1. The van der Waals surface area contributed by atoms with Crippen molar-refractivity contribution in [2.45, 2.75) is 54.1 Å². The highest BCUT2D eigenvalue weighted by Gasteiger charge is 2.26. The minimum Gasteiger partial charge on any atom is -0.492 e. The van der Waals surface area contributed by atoms with E-state index in [0.717, 1.165) is 24.1 Å². The predicted octanol–water partition coefficient (Wildman–Crippen LogP) is 4.59. The fourth-order valence-corrected chi connectivity index (χ4v) is 3.95. The molecular formula is C31H48N6O4. The first-order valence-electron chi connectivity index (χ1n) is 14.1. The molecular weight excluding hydrogens is 520 g/mol. The first kappa shape index (κ1) is 33.6. The fraction of sp³-hybridized carbons (Fsp3) is 0.516. The lowest BCUT2D eigenvalue weighted by atomic mass is 9.92. The van der Waals surface area contributed by atoms with Gasteiger partial charge in [-0.15, -0.1) is 0 Å². The first-order chi connectivity index (χ1) is 19.4. The second kappa shape index (κ2) is 16.6. The van der Waals surface area contributed by atoms with Crippen LogP contribution in [0.3, 0.4) is 0 Å². The Bertz CT molecular complexity index is 1130. The Balaban J connectivity index is 2.17. The van der Waals surface area contributed by atoms with E-state index in [1.54, 1.807) is 7.05 Å². The topological polar surface area (TPSA) is 108 Å². The summed E-state index contributed by atoms with van der Waals surface area (Å²) >= 11 is 0. The molecule has 0 radical (unpaired) electrons. The van der Waals surface area contributed by atoms with Gasteiger partial charge in [-0.2, -0.15) is 5.10 Å². The summed E-state index contributed by atoms with van der Waals surface area (Å²) in [6, 6.07) is 11.1. The maximum Gasteiger partial charge on any atom is 0.324 e. The molecule has 1 saturated heterocycles. The number of amides is 3. The van der Waals surface area contributed by atoms with Crippen LogP contribution in [0.1, 0.15) is 45.2 Å². The monoisotopic (exact) mass is 568 g/mol. The molecule has 3 amide bonds. The van der Waals surface area contributed by atoms with Crippen LogP contribution in [0.25, 0.3) is 0 Å². The van der Waals surface area contributed by atoms with Crippen LogP contribution in [0.15, 0.2) is 53.4 Å². The minimum absolute atomic E-state index is 0.0512. The summed E-state index contributed by atoms with van der Waals surface area (Å²) in [5.74, 6) is 1.16. The smallest absolute Gasteiger partial charge is 0.324 e. The molecule has 1 aromatic carbocycles. The third kappa shape index (κ3) is 12.2. The standard InChI is InChI=1S/C31H48N6O4/c1-9-33-29(38)27-22-37(19-21-41-27)18-20-40-26-15-14-25(23(2)12-10-11-13-24(26)3)34-30(39)35-28(36(8)32-7)16-17-31(4,5)6/h10-16,27H,7,9,17-22H2,1-6,8H3,(H,33,38)(H2,34,35,39)/b11-10?,12-10?,13-11?,15-14?,23-12?,24-13?,25-14?,25-23?,26-15?,26-24?,28-16-. The molecule has 1 aliphatic heterocycles. The van der Waals surface area contributed by atoms with Crippen molar-refractivity contribution in [3.63, 3.8) is 0 Å². The summed E-state index contributed by atoms with van der Waals surface area (Å²) in [4.78, 5) is 27.4. The number of aryl methyl sites for hydroxylation is 2. The zero-order valence-electron chi connectivity index (χ0n) is 25.8.